The number of halogens is 2. The fourth-order valence-corrected chi connectivity index (χ4v) is 1.16. The third kappa shape index (κ3) is 3.39. The number of hydrogen-bond acceptors (Lipinski definition) is 3. The van der Waals surface area contributed by atoms with Crippen molar-refractivity contribution in [3.8, 4) is 5.75 Å². The van der Waals surface area contributed by atoms with Gasteiger partial charge in [0.05, 0.1) is 7.11 Å². The summed E-state index contributed by atoms with van der Waals surface area (Å²) in [6.07, 6.45) is -0.931. The lowest BCUT2D eigenvalue weighted by atomic mass is 10.3. The number of nitrogens with zero attached hydrogens (tertiary/aromatic N) is 1. The van der Waals surface area contributed by atoms with Crippen LogP contribution in [0.1, 0.15) is 6.92 Å². The summed E-state index contributed by atoms with van der Waals surface area (Å²) in [5, 5.41) is 0.964. The number of benzene rings is 1. The molecule has 0 aliphatic rings. The Morgan fingerprint density at radius 2 is 2.06 bits per heavy atom. The number of rotatable bonds is 4. The number of likely N-dealkylation sites (N-methyl/N-ethyl adjacent to an activating group) is 1. The van der Waals surface area contributed by atoms with Crippen molar-refractivity contribution in [3.05, 3.63) is 29.8 Å². The number of carbonyl (C=O) groups is 1. The second-order valence-corrected chi connectivity index (χ2v) is 3.35. The maximum Gasteiger partial charge on any atom is 0.286 e. The molecule has 94 valence electrons. The van der Waals surface area contributed by atoms with Crippen LogP contribution >= 0.6 is 0 Å². The second kappa shape index (κ2) is 5.58. The van der Waals surface area contributed by atoms with Crippen molar-refractivity contribution in [1.82, 2.24) is 5.06 Å². The monoisotopic (exact) mass is 245 g/mol. The van der Waals surface area contributed by atoms with E-state index in [0.29, 0.717) is 6.07 Å². The number of ether oxygens (including phenoxy) is 1. The first-order valence-electron chi connectivity index (χ1n) is 4.89. The molecular weight excluding hydrogens is 232 g/mol. The molecule has 4 nitrogen and oxygen atoms in total. The van der Waals surface area contributed by atoms with Gasteiger partial charge in [-0.2, -0.15) is 0 Å². The first-order valence-corrected chi connectivity index (χ1v) is 4.89. The third-order valence-corrected chi connectivity index (χ3v) is 2.13. The zero-order valence-corrected chi connectivity index (χ0v) is 9.74. The number of hydroxylamine groups is 2. The van der Waals surface area contributed by atoms with Crippen LogP contribution < -0.4 is 4.74 Å². The number of hydrogen-bond donors (Lipinski definition) is 0. The SMILES string of the molecule is CON(C)C(=O)[C@@H](C)Oc1ccc(F)cc1F. The molecule has 0 radical (unpaired) electrons. The summed E-state index contributed by atoms with van der Waals surface area (Å²) >= 11 is 0. The van der Waals surface area contributed by atoms with Crippen LogP contribution in [0.15, 0.2) is 18.2 Å². The van der Waals surface area contributed by atoms with Gasteiger partial charge < -0.3 is 4.74 Å². The van der Waals surface area contributed by atoms with E-state index in [1.807, 2.05) is 0 Å². The molecule has 1 aromatic carbocycles. The van der Waals surface area contributed by atoms with E-state index in [0.717, 1.165) is 17.2 Å². The predicted molar refractivity (Wildman–Crippen MR) is 56.2 cm³/mol. The molecule has 0 saturated heterocycles. The first kappa shape index (κ1) is 13.4. The molecule has 0 aromatic heterocycles. The van der Waals surface area contributed by atoms with Crippen LogP contribution in [-0.2, 0) is 9.63 Å². The van der Waals surface area contributed by atoms with E-state index in [4.69, 9.17) is 4.74 Å². The highest BCUT2D eigenvalue weighted by Crippen LogP contribution is 2.19. The van der Waals surface area contributed by atoms with Crippen LogP contribution in [0.4, 0.5) is 8.78 Å². The van der Waals surface area contributed by atoms with Crippen LogP contribution in [0.3, 0.4) is 0 Å². The van der Waals surface area contributed by atoms with Crippen LogP contribution in [0.2, 0.25) is 0 Å². The van der Waals surface area contributed by atoms with Gasteiger partial charge in [-0.3, -0.25) is 9.63 Å². The minimum Gasteiger partial charge on any atom is -0.478 e. The molecule has 0 N–H and O–H groups in total. The summed E-state index contributed by atoms with van der Waals surface area (Å²) in [6, 6.07) is 2.86. The summed E-state index contributed by atoms with van der Waals surface area (Å²) in [6.45, 7) is 1.45. The fourth-order valence-electron chi connectivity index (χ4n) is 1.16. The van der Waals surface area contributed by atoms with Crippen LogP contribution in [-0.4, -0.2) is 31.2 Å². The van der Waals surface area contributed by atoms with Crippen molar-refractivity contribution in [2.24, 2.45) is 0 Å². The average molecular weight is 245 g/mol. The topological polar surface area (TPSA) is 38.8 Å². The van der Waals surface area contributed by atoms with E-state index in [1.54, 1.807) is 0 Å². The minimum absolute atomic E-state index is 0.184. The fraction of sp³-hybridized carbons (Fsp3) is 0.364. The Bertz CT molecular complexity index is 412. The predicted octanol–water partition coefficient (Wildman–Crippen LogP) is 1.75. The molecule has 0 aliphatic heterocycles. The van der Waals surface area contributed by atoms with E-state index in [2.05, 4.69) is 4.84 Å². The molecule has 1 atom stereocenters. The molecule has 17 heavy (non-hydrogen) atoms. The van der Waals surface area contributed by atoms with Crippen molar-refractivity contribution in [1.29, 1.82) is 0 Å². The van der Waals surface area contributed by atoms with Crippen molar-refractivity contribution in [2.45, 2.75) is 13.0 Å². The molecule has 6 heteroatoms. The van der Waals surface area contributed by atoms with Crippen LogP contribution in [0, 0.1) is 11.6 Å². The van der Waals surface area contributed by atoms with Crippen molar-refractivity contribution < 1.29 is 23.1 Å². The lowest BCUT2D eigenvalue weighted by Crippen LogP contribution is -2.37. The Morgan fingerprint density at radius 1 is 1.41 bits per heavy atom. The lowest BCUT2D eigenvalue weighted by Gasteiger charge is -2.19. The first-order chi connectivity index (χ1) is 7.95. The Morgan fingerprint density at radius 3 is 2.59 bits per heavy atom. The van der Waals surface area contributed by atoms with E-state index in [9.17, 15) is 13.6 Å². The van der Waals surface area contributed by atoms with Crippen molar-refractivity contribution in [2.75, 3.05) is 14.2 Å². The lowest BCUT2D eigenvalue weighted by molar-refractivity contribution is -0.175. The summed E-state index contributed by atoms with van der Waals surface area (Å²) in [4.78, 5) is 16.2. The van der Waals surface area contributed by atoms with Crippen LogP contribution in [0.5, 0.6) is 5.75 Å². The standard InChI is InChI=1S/C11H13F2NO3/c1-7(11(15)14(2)16-3)17-10-5-4-8(12)6-9(10)13/h4-7H,1-3H3/t7-/m1/s1. The van der Waals surface area contributed by atoms with Gasteiger partial charge in [0.1, 0.15) is 5.82 Å². The second-order valence-electron chi connectivity index (χ2n) is 3.35. The van der Waals surface area contributed by atoms with E-state index < -0.39 is 23.6 Å². The van der Waals surface area contributed by atoms with Gasteiger partial charge in [-0.1, -0.05) is 0 Å². The van der Waals surface area contributed by atoms with Gasteiger partial charge in [0.2, 0.25) is 0 Å². The molecule has 1 rings (SSSR count). The highest BCUT2D eigenvalue weighted by atomic mass is 19.1. The largest absolute Gasteiger partial charge is 0.478 e. The Kier molecular flexibility index (Phi) is 4.39. The smallest absolute Gasteiger partial charge is 0.286 e. The zero-order valence-electron chi connectivity index (χ0n) is 9.74. The molecule has 0 spiro atoms. The average Bonchev–Trinajstić information content (AvgIpc) is 2.30. The highest BCUT2D eigenvalue weighted by molar-refractivity contribution is 5.79. The van der Waals surface area contributed by atoms with Gasteiger partial charge in [-0.25, -0.2) is 13.8 Å². The molecule has 0 unspecified atom stereocenters. The van der Waals surface area contributed by atoms with Crippen molar-refractivity contribution >= 4 is 5.91 Å². The zero-order chi connectivity index (χ0) is 13.0. The van der Waals surface area contributed by atoms with Crippen LogP contribution in [0.25, 0.3) is 0 Å². The molecule has 1 amide bonds. The Balaban J connectivity index is 2.74. The Labute approximate surface area is 97.7 Å². The highest BCUT2D eigenvalue weighted by Gasteiger charge is 2.20. The maximum absolute atomic E-state index is 13.2. The summed E-state index contributed by atoms with van der Waals surface area (Å²) < 4.78 is 30.9. The third-order valence-electron chi connectivity index (χ3n) is 2.13. The van der Waals surface area contributed by atoms with E-state index in [-0.39, 0.29) is 5.75 Å². The number of amides is 1. The van der Waals surface area contributed by atoms with Crippen molar-refractivity contribution in [3.63, 3.8) is 0 Å². The van der Waals surface area contributed by atoms with Gasteiger partial charge in [0, 0.05) is 13.1 Å². The van der Waals surface area contributed by atoms with Gasteiger partial charge >= 0.3 is 0 Å². The van der Waals surface area contributed by atoms with Gasteiger partial charge in [-0.15, -0.1) is 0 Å². The van der Waals surface area contributed by atoms with E-state index in [1.165, 1.54) is 21.1 Å². The molecule has 0 aliphatic carbocycles. The molecule has 0 fully saturated rings. The molecular formula is C11H13F2NO3. The van der Waals surface area contributed by atoms with E-state index >= 15 is 0 Å². The number of carbonyl (C=O) groups excluding carboxylic acids is 1. The normalized spacial score (nSPS) is 12.1. The maximum atomic E-state index is 13.2. The van der Waals surface area contributed by atoms with Gasteiger partial charge in [0.25, 0.3) is 5.91 Å². The minimum atomic E-state index is -0.931. The summed E-state index contributed by atoms with van der Waals surface area (Å²) in [5.41, 5.74) is 0. The van der Waals surface area contributed by atoms with Gasteiger partial charge in [0.15, 0.2) is 17.7 Å². The van der Waals surface area contributed by atoms with Gasteiger partial charge in [-0.05, 0) is 19.1 Å². The molecule has 0 heterocycles. The molecule has 0 bridgehead atoms. The summed E-state index contributed by atoms with van der Waals surface area (Å²) in [5.74, 6) is -2.22. The quantitative estimate of drug-likeness (QED) is 0.758. The molecule has 1 aromatic rings. The Hall–Kier alpha value is -1.69. The molecule has 0 saturated carbocycles. The summed E-state index contributed by atoms with van der Waals surface area (Å²) in [7, 11) is 2.73.